The van der Waals surface area contributed by atoms with Gasteiger partial charge in [0.2, 0.25) is 0 Å². The Kier molecular flexibility index (Phi) is 7.82. The zero-order valence-electron chi connectivity index (χ0n) is 15.7. The Bertz CT molecular complexity index is 972. The van der Waals surface area contributed by atoms with Gasteiger partial charge in [0.05, 0.1) is 15.1 Å². The Hall–Kier alpha value is -2.82. The average Bonchev–Trinajstić information content (AvgIpc) is 2.65. The second-order valence-electron chi connectivity index (χ2n) is 6.40. The second-order valence-corrected chi connectivity index (χ2v) is 7.66. The molecule has 1 amide bonds. The van der Waals surface area contributed by atoms with E-state index in [1.165, 1.54) is 18.2 Å². The van der Waals surface area contributed by atoms with E-state index in [1.807, 2.05) is 19.9 Å². The summed E-state index contributed by atoms with van der Waals surface area (Å²) in [5.41, 5.74) is 1.50. The van der Waals surface area contributed by atoms with Crippen molar-refractivity contribution in [2.24, 2.45) is 0 Å². The number of carbonyl (C=O) groups excluding carboxylic acids is 1. The Labute approximate surface area is 181 Å². The molecule has 0 saturated heterocycles. The largest absolute Gasteiger partial charge is 0.486 e. The summed E-state index contributed by atoms with van der Waals surface area (Å²) in [6.07, 6.45) is 1.45. The van der Waals surface area contributed by atoms with Crippen LogP contribution < -0.4 is 10.1 Å². The van der Waals surface area contributed by atoms with E-state index in [4.69, 9.17) is 21.4 Å². The van der Waals surface area contributed by atoms with Crippen LogP contribution in [0.3, 0.4) is 0 Å². The quantitative estimate of drug-likeness (QED) is 0.440. The highest BCUT2D eigenvalue weighted by Gasteiger charge is 2.13. The molecule has 0 bridgehead atoms. The molecule has 2 aromatic carbocycles. The average molecular weight is 478 g/mol. The Balaban J connectivity index is 2.18. The fraction of sp³-hybridized carbons (Fsp3) is 0.190. The van der Waals surface area contributed by atoms with Crippen LogP contribution in [0.2, 0.25) is 5.02 Å². The zero-order chi connectivity index (χ0) is 21.6. The highest BCUT2D eigenvalue weighted by atomic mass is 79.9. The third kappa shape index (κ3) is 6.34. The molecule has 0 radical (unpaired) electrons. The molecule has 0 aliphatic rings. The summed E-state index contributed by atoms with van der Waals surface area (Å²) in [5.74, 6) is -1.05. The number of halogens is 2. The molecular formula is C21H18BrClN2O4. The minimum absolute atomic E-state index is 0.0335. The van der Waals surface area contributed by atoms with E-state index in [0.717, 1.165) is 5.56 Å². The van der Waals surface area contributed by atoms with Crippen LogP contribution in [0.4, 0.5) is 0 Å². The lowest BCUT2D eigenvalue weighted by Gasteiger charge is -2.12. The molecule has 8 heteroatoms. The fourth-order valence-electron chi connectivity index (χ4n) is 2.35. The molecule has 2 aromatic rings. The van der Waals surface area contributed by atoms with Gasteiger partial charge in [-0.15, -0.1) is 0 Å². The molecule has 0 heterocycles. The minimum Gasteiger partial charge on any atom is -0.486 e. The molecule has 0 atom stereocenters. The number of ether oxygens (including phenoxy) is 1. The van der Waals surface area contributed by atoms with Crippen molar-refractivity contribution in [2.75, 3.05) is 0 Å². The molecule has 150 valence electrons. The minimum atomic E-state index is -0.995. The van der Waals surface area contributed by atoms with Gasteiger partial charge in [0, 0.05) is 6.04 Å². The molecule has 0 aliphatic heterocycles. The number of amides is 1. The third-order valence-corrected chi connectivity index (χ3v) is 4.57. The molecule has 6 nitrogen and oxygen atoms in total. The number of aromatic carboxylic acids is 1. The number of hydrogen-bond donors (Lipinski definition) is 2. The Morgan fingerprint density at radius 2 is 1.97 bits per heavy atom. The summed E-state index contributed by atoms with van der Waals surface area (Å²) in [6.45, 7) is 3.80. The lowest BCUT2D eigenvalue weighted by atomic mass is 10.1. The van der Waals surface area contributed by atoms with Gasteiger partial charge < -0.3 is 15.2 Å². The third-order valence-electron chi connectivity index (χ3n) is 3.70. The summed E-state index contributed by atoms with van der Waals surface area (Å²) in [5, 5.41) is 21.1. The molecule has 0 unspecified atom stereocenters. The number of carboxylic acids is 1. The highest BCUT2D eigenvalue weighted by molar-refractivity contribution is 9.10. The second kappa shape index (κ2) is 10.1. The van der Waals surface area contributed by atoms with Crippen molar-refractivity contribution in [1.29, 1.82) is 5.26 Å². The van der Waals surface area contributed by atoms with Crippen LogP contribution in [0, 0.1) is 11.3 Å². The SMILES string of the molecule is CC(C)NC(=O)/C(C#N)=C\c1cc(Cl)c(OCc2ccc(C(=O)O)cc2)c(Br)c1. The van der Waals surface area contributed by atoms with Crippen LogP contribution in [-0.2, 0) is 11.4 Å². The van der Waals surface area contributed by atoms with Crippen LogP contribution in [0.5, 0.6) is 5.75 Å². The van der Waals surface area contributed by atoms with Gasteiger partial charge in [-0.2, -0.15) is 5.26 Å². The van der Waals surface area contributed by atoms with Crippen molar-refractivity contribution in [3.8, 4) is 11.8 Å². The highest BCUT2D eigenvalue weighted by Crippen LogP contribution is 2.35. The van der Waals surface area contributed by atoms with Gasteiger partial charge in [0.15, 0.2) is 5.75 Å². The van der Waals surface area contributed by atoms with Gasteiger partial charge in [-0.1, -0.05) is 23.7 Å². The zero-order valence-corrected chi connectivity index (χ0v) is 18.0. The topological polar surface area (TPSA) is 99.4 Å². The van der Waals surface area contributed by atoms with E-state index >= 15 is 0 Å². The summed E-state index contributed by atoms with van der Waals surface area (Å²) in [6, 6.07) is 11.4. The smallest absolute Gasteiger partial charge is 0.335 e. The number of nitriles is 1. The molecule has 0 saturated carbocycles. The van der Waals surface area contributed by atoms with E-state index in [0.29, 0.717) is 20.8 Å². The van der Waals surface area contributed by atoms with Crippen molar-refractivity contribution < 1.29 is 19.4 Å². The lowest BCUT2D eigenvalue weighted by Crippen LogP contribution is -2.30. The lowest BCUT2D eigenvalue weighted by molar-refractivity contribution is -0.117. The van der Waals surface area contributed by atoms with E-state index in [-0.39, 0.29) is 23.8 Å². The predicted molar refractivity (Wildman–Crippen MR) is 114 cm³/mol. The molecule has 0 aliphatic carbocycles. The molecular weight excluding hydrogens is 460 g/mol. The van der Waals surface area contributed by atoms with E-state index in [2.05, 4.69) is 21.2 Å². The van der Waals surface area contributed by atoms with Crippen LogP contribution in [-0.4, -0.2) is 23.0 Å². The number of hydrogen-bond acceptors (Lipinski definition) is 4. The summed E-state index contributed by atoms with van der Waals surface area (Å²) < 4.78 is 6.30. The van der Waals surface area contributed by atoms with Crippen molar-refractivity contribution in [3.63, 3.8) is 0 Å². The maximum atomic E-state index is 12.0. The van der Waals surface area contributed by atoms with E-state index in [1.54, 1.807) is 24.3 Å². The van der Waals surface area contributed by atoms with Gasteiger partial charge in [-0.05, 0) is 71.2 Å². The molecule has 0 spiro atoms. The molecule has 29 heavy (non-hydrogen) atoms. The molecule has 2 rings (SSSR count). The fourth-order valence-corrected chi connectivity index (χ4v) is 3.34. The van der Waals surface area contributed by atoms with Gasteiger partial charge in [-0.25, -0.2) is 4.79 Å². The number of carboxylic acid groups (broad SMARTS) is 1. The first-order valence-corrected chi connectivity index (χ1v) is 9.75. The van der Waals surface area contributed by atoms with Crippen molar-refractivity contribution >= 4 is 45.5 Å². The maximum absolute atomic E-state index is 12.0. The van der Waals surface area contributed by atoms with E-state index < -0.39 is 11.9 Å². The van der Waals surface area contributed by atoms with Crippen LogP contribution in [0.15, 0.2) is 46.4 Å². The van der Waals surface area contributed by atoms with Crippen molar-refractivity contribution in [2.45, 2.75) is 26.5 Å². The van der Waals surface area contributed by atoms with E-state index in [9.17, 15) is 14.9 Å². The first kappa shape index (κ1) is 22.5. The molecule has 2 N–H and O–H groups in total. The number of benzene rings is 2. The standard InChI is InChI=1S/C21H18BrClN2O4/c1-12(2)25-20(26)16(10-24)7-14-8-17(22)19(18(23)9-14)29-11-13-3-5-15(6-4-13)21(27)28/h3-9,12H,11H2,1-2H3,(H,25,26)(H,27,28)/b16-7-. The summed E-state index contributed by atoms with van der Waals surface area (Å²) >= 11 is 9.70. The van der Waals surface area contributed by atoms with Gasteiger partial charge in [-0.3, -0.25) is 4.79 Å². The van der Waals surface area contributed by atoms with Gasteiger partial charge in [0.1, 0.15) is 18.2 Å². The first-order chi connectivity index (χ1) is 13.7. The Morgan fingerprint density at radius 1 is 1.31 bits per heavy atom. The van der Waals surface area contributed by atoms with Gasteiger partial charge >= 0.3 is 5.97 Å². The number of carbonyl (C=O) groups is 2. The van der Waals surface area contributed by atoms with Crippen LogP contribution >= 0.6 is 27.5 Å². The summed E-state index contributed by atoms with van der Waals surface area (Å²) in [7, 11) is 0. The van der Waals surface area contributed by atoms with Gasteiger partial charge in [0.25, 0.3) is 5.91 Å². The number of nitrogens with zero attached hydrogens (tertiary/aromatic N) is 1. The van der Waals surface area contributed by atoms with Crippen molar-refractivity contribution in [3.05, 3.63) is 68.2 Å². The van der Waals surface area contributed by atoms with Crippen molar-refractivity contribution in [1.82, 2.24) is 5.32 Å². The molecule has 0 fully saturated rings. The normalized spacial score (nSPS) is 11.1. The molecule has 0 aromatic heterocycles. The first-order valence-electron chi connectivity index (χ1n) is 8.58. The van der Waals surface area contributed by atoms with Crippen LogP contribution in [0.1, 0.15) is 35.3 Å². The number of rotatable bonds is 7. The summed E-state index contributed by atoms with van der Waals surface area (Å²) in [4.78, 5) is 22.9. The monoisotopic (exact) mass is 476 g/mol. The predicted octanol–water partition coefficient (Wildman–Crippen LogP) is 4.81. The van der Waals surface area contributed by atoms with Crippen LogP contribution in [0.25, 0.3) is 6.08 Å². The maximum Gasteiger partial charge on any atom is 0.335 e. The number of nitrogens with one attached hydrogen (secondary N) is 1. The Morgan fingerprint density at radius 3 is 2.48 bits per heavy atom.